The molecule has 0 bridgehead atoms. The molecule has 42 heavy (non-hydrogen) atoms. The highest BCUT2D eigenvalue weighted by atomic mass is 35.5. The number of rotatable bonds is 7. The van der Waals surface area contributed by atoms with E-state index in [1.54, 1.807) is 19.1 Å². The lowest BCUT2D eigenvalue weighted by Crippen LogP contribution is -2.35. The van der Waals surface area contributed by atoms with Crippen molar-refractivity contribution in [1.82, 2.24) is 25.0 Å². The normalized spacial score (nSPS) is 17.5. The molecule has 2 aliphatic rings. The fraction of sp³-hybridized carbons (Fsp3) is 0.414. The summed E-state index contributed by atoms with van der Waals surface area (Å²) in [5, 5.41) is 25.6. The van der Waals surface area contributed by atoms with E-state index in [4.69, 9.17) is 11.6 Å². The van der Waals surface area contributed by atoms with Crippen LogP contribution in [-0.4, -0.2) is 37.2 Å². The minimum Gasteiger partial charge on any atom is -0.381 e. The van der Waals surface area contributed by atoms with E-state index < -0.39 is 23.7 Å². The van der Waals surface area contributed by atoms with Crippen LogP contribution in [0.5, 0.6) is 0 Å². The smallest absolute Gasteiger partial charge is 0.381 e. The van der Waals surface area contributed by atoms with Gasteiger partial charge in [0, 0.05) is 34.6 Å². The molecular formula is C29H27ClF4N8. The molecule has 0 aliphatic heterocycles. The van der Waals surface area contributed by atoms with Gasteiger partial charge in [-0.2, -0.15) is 22.8 Å². The highest BCUT2D eigenvalue weighted by Crippen LogP contribution is 2.55. The summed E-state index contributed by atoms with van der Waals surface area (Å²) in [4.78, 5) is 8.33. The van der Waals surface area contributed by atoms with Gasteiger partial charge in [0.05, 0.1) is 34.0 Å². The second-order valence-corrected chi connectivity index (χ2v) is 11.4. The Hall–Kier alpha value is -3.98. The summed E-state index contributed by atoms with van der Waals surface area (Å²) < 4.78 is 56.3. The van der Waals surface area contributed by atoms with E-state index in [1.165, 1.54) is 30.9 Å². The monoisotopic (exact) mass is 598 g/mol. The number of alkyl halides is 3. The average molecular weight is 599 g/mol. The number of pyridine rings is 2. The van der Waals surface area contributed by atoms with E-state index in [0.717, 1.165) is 30.4 Å². The number of hydrogen-bond acceptors (Lipinski definition) is 7. The van der Waals surface area contributed by atoms with Gasteiger partial charge in [-0.05, 0) is 50.8 Å². The van der Waals surface area contributed by atoms with Crippen LogP contribution in [0.15, 0.2) is 36.7 Å². The molecule has 6 rings (SSSR count). The van der Waals surface area contributed by atoms with Gasteiger partial charge in [0.2, 0.25) is 5.95 Å². The Bertz CT molecular complexity index is 1690. The number of nitriles is 1. The fourth-order valence-corrected chi connectivity index (χ4v) is 6.01. The number of nitrogens with zero attached hydrogens (tertiary/aromatic N) is 6. The van der Waals surface area contributed by atoms with Crippen LogP contribution in [0.25, 0.3) is 10.9 Å². The third-order valence-corrected chi connectivity index (χ3v) is 8.50. The van der Waals surface area contributed by atoms with Crippen LogP contribution < -0.4 is 10.6 Å². The Kier molecular flexibility index (Phi) is 7.17. The molecule has 2 saturated carbocycles. The Balaban J connectivity index is 1.43. The third-order valence-electron chi connectivity index (χ3n) is 8.21. The van der Waals surface area contributed by atoms with Crippen molar-refractivity contribution in [2.75, 3.05) is 10.6 Å². The summed E-state index contributed by atoms with van der Waals surface area (Å²) in [7, 11) is 0. The van der Waals surface area contributed by atoms with E-state index in [1.807, 2.05) is 0 Å². The quantitative estimate of drug-likeness (QED) is 0.171. The number of fused-ring (bicyclic) bond motifs is 1. The standard InChI is InChI=1S/C29H27ClF4N8/c1-16-20(7-8-24(31)37-16)27(23-15-42(41-40-23)28(9-10-28)29(32,33)34)39-19-11-21-25(38-18-5-3-2-4-6-18)17(13-35)14-36-26(21)22(30)12-19/h7-8,11-12,14-15,18,27,39H,2-6,9-10H2,1H3,(H,36,38)/t27-/m0/s1. The summed E-state index contributed by atoms with van der Waals surface area (Å²) in [6.45, 7) is 1.61. The molecule has 3 aromatic heterocycles. The topological polar surface area (TPSA) is 104 Å². The fourth-order valence-electron chi connectivity index (χ4n) is 5.74. The molecule has 218 valence electrons. The zero-order valence-corrected chi connectivity index (χ0v) is 23.4. The molecule has 2 aliphatic carbocycles. The van der Waals surface area contributed by atoms with Crippen molar-refractivity contribution >= 4 is 33.9 Å². The molecular weight excluding hydrogens is 572 g/mol. The Morgan fingerprint density at radius 1 is 1.17 bits per heavy atom. The van der Waals surface area contributed by atoms with Crippen molar-refractivity contribution in [3.8, 4) is 6.07 Å². The lowest BCUT2D eigenvalue weighted by Gasteiger charge is -2.25. The summed E-state index contributed by atoms with van der Waals surface area (Å²) in [6.07, 6.45) is 3.45. The summed E-state index contributed by atoms with van der Waals surface area (Å²) in [5.74, 6) is -0.685. The van der Waals surface area contributed by atoms with Crippen LogP contribution in [0.2, 0.25) is 5.02 Å². The van der Waals surface area contributed by atoms with E-state index in [0.29, 0.717) is 44.1 Å². The van der Waals surface area contributed by atoms with Gasteiger partial charge >= 0.3 is 6.18 Å². The number of nitrogens with one attached hydrogen (secondary N) is 2. The molecule has 0 radical (unpaired) electrons. The first kappa shape index (κ1) is 28.2. The second-order valence-electron chi connectivity index (χ2n) is 11.0. The maximum atomic E-state index is 13.9. The first-order valence-electron chi connectivity index (χ1n) is 13.8. The zero-order chi connectivity index (χ0) is 29.6. The van der Waals surface area contributed by atoms with Gasteiger partial charge < -0.3 is 10.6 Å². The lowest BCUT2D eigenvalue weighted by atomic mass is 9.94. The zero-order valence-electron chi connectivity index (χ0n) is 22.6. The van der Waals surface area contributed by atoms with E-state index in [2.05, 4.69) is 37.0 Å². The summed E-state index contributed by atoms with van der Waals surface area (Å²) in [5.41, 5.74) is 0.954. The molecule has 2 fully saturated rings. The van der Waals surface area contributed by atoms with E-state index in [9.17, 15) is 22.8 Å². The predicted octanol–water partition coefficient (Wildman–Crippen LogP) is 7.19. The van der Waals surface area contributed by atoms with Crippen LogP contribution in [0.1, 0.15) is 73.5 Å². The minimum absolute atomic E-state index is 0.0835. The van der Waals surface area contributed by atoms with E-state index >= 15 is 0 Å². The predicted molar refractivity (Wildman–Crippen MR) is 150 cm³/mol. The Morgan fingerprint density at radius 2 is 1.93 bits per heavy atom. The molecule has 0 unspecified atom stereocenters. The SMILES string of the molecule is Cc1nc(F)ccc1[C@H](Nc1cc(Cl)c2ncc(C#N)c(NC3CCCCC3)c2c1)c1cn(C2(C(F)(F)F)CC2)nn1. The lowest BCUT2D eigenvalue weighted by molar-refractivity contribution is -0.182. The van der Waals surface area contributed by atoms with Crippen LogP contribution in [0.3, 0.4) is 0 Å². The third kappa shape index (κ3) is 5.11. The van der Waals surface area contributed by atoms with Crippen LogP contribution in [-0.2, 0) is 5.54 Å². The van der Waals surface area contributed by atoms with Crippen molar-refractivity contribution in [3.63, 3.8) is 0 Å². The number of aromatic nitrogens is 5. The van der Waals surface area contributed by atoms with Crippen LogP contribution >= 0.6 is 11.6 Å². The Labute approximate surface area is 244 Å². The highest BCUT2D eigenvalue weighted by Gasteiger charge is 2.66. The largest absolute Gasteiger partial charge is 0.413 e. The molecule has 13 heteroatoms. The molecule has 2 N–H and O–H groups in total. The summed E-state index contributed by atoms with van der Waals surface area (Å²) >= 11 is 6.69. The second kappa shape index (κ2) is 10.7. The molecule has 8 nitrogen and oxygen atoms in total. The van der Waals surface area contributed by atoms with Crippen LogP contribution in [0.4, 0.5) is 28.9 Å². The van der Waals surface area contributed by atoms with Crippen molar-refractivity contribution in [1.29, 1.82) is 5.26 Å². The molecule has 4 aromatic rings. The molecule has 3 heterocycles. The van der Waals surface area contributed by atoms with Crippen molar-refractivity contribution < 1.29 is 17.6 Å². The number of hydrogen-bond donors (Lipinski definition) is 2. The minimum atomic E-state index is -4.48. The van der Waals surface area contributed by atoms with Crippen LogP contribution in [0, 0.1) is 24.2 Å². The molecule has 0 spiro atoms. The van der Waals surface area contributed by atoms with Crippen molar-refractivity contribution in [3.05, 3.63) is 70.1 Å². The van der Waals surface area contributed by atoms with Crippen molar-refractivity contribution in [2.45, 2.75) is 75.7 Å². The maximum Gasteiger partial charge on any atom is 0.413 e. The average Bonchev–Trinajstić information content (AvgIpc) is 3.64. The van der Waals surface area contributed by atoms with Gasteiger partial charge in [0.1, 0.15) is 11.8 Å². The first-order chi connectivity index (χ1) is 20.1. The molecule has 1 aromatic carbocycles. The van der Waals surface area contributed by atoms with Gasteiger partial charge in [-0.15, -0.1) is 5.10 Å². The number of aryl methyl sites for hydroxylation is 1. The number of anilines is 2. The van der Waals surface area contributed by atoms with Gasteiger partial charge in [0.15, 0.2) is 5.54 Å². The molecule has 1 atom stereocenters. The van der Waals surface area contributed by atoms with E-state index in [-0.39, 0.29) is 24.6 Å². The maximum absolute atomic E-state index is 13.9. The highest BCUT2D eigenvalue weighted by molar-refractivity contribution is 6.35. The molecule has 0 saturated heterocycles. The molecule has 0 amide bonds. The summed E-state index contributed by atoms with van der Waals surface area (Å²) in [6, 6.07) is 7.71. The Morgan fingerprint density at radius 3 is 2.60 bits per heavy atom. The van der Waals surface area contributed by atoms with Gasteiger partial charge in [-0.25, -0.2) is 9.67 Å². The van der Waals surface area contributed by atoms with Gasteiger partial charge in [-0.1, -0.05) is 42.1 Å². The first-order valence-corrected chi connectivity index (χ1v) is 14.2. The van der Waals surface area contributed by atoms with Gasteiger partial charge in [0.25, 0.3) is 0 Å². The number of benzene rings is 1. The van der Waals surface area contributed by atoms with Gasteiger partial charge in [-0.3, -0.25) is 4.98 Å². The number of halogens is 5. The van der Waals surface area contributed by atoms with Crippen molar-refractivity contribution in [2.24, 2.45) is 0 Å².